The number of benzene rings is 2. The molecular formula is C29H36O2. The number of fused-ring (bicyclic) bond motifs is 5. The van der Waals surface area contributed by atoms with Gasteiger partial charge in [0.1, 0.15) is 12.4 Å². The Morgan fingerprint density at radius 2 is 1.94 bits per heavy atom. The number of allylic oxidation sites excluding steroid dienone is 1. The Hall–Kier alpha value is -2.06. The number of aliphatic hydroxyl groups is 1. The minimum Gasteiger partial charge on any atom is -0.489 e. The van der Waals surface area contributed by atoms with Crippen LogP contribution < -0.4 is 4.74 Å². The lowest BCUT2D eigenvalue weighted by Crippen LogP contribution is -2.40. The Morgan fingerprint density at radius 3 is 2.71 bits per heavy atom. The van der Waals surface area contributed by atoms with Crippen LogP contribution in [0.25, 0.3) is 0 Å². The lowest BCUT2D eigenvalue weighted by molar-refractivity contribution is 0.0809. The summed E-state index contributed by atoms with van der Waals surface area (Å²) in [6.07, 6.45) is 10.6. The van der Waals surface area contributed by atoms with Gasteiger partial charge in [0.15, 0.2) is 0 Å². The highest BCUT2D eigenvalue weighted by atomic mass is 16.5. The van der Waals surface area contributed by atoms with E-state index < -0.39 is 0 Å². The minimum atomic E-state index is 0.195. The smallest absolute Gasteiger partial charge is 0.123 e. The third-order valence-corrected chi connectivity index (χ3v) is 8.71. The molecule has 2 heteroatoms. The van der Waals surface area contributed by atoms with E-state index >= 15 is 0 Å². The highest BCUT2D eigenvalue weighted by molar-refractivity contribution is 5.47. The van der Waals surface area contributed by atoms with Crippen LogP contribution in [0, 0.1) is 17.3 Å². The quantitative estimate of drug-likeness (QED) is 0.556. The Labute approximate surface area is 187 Å². The van der Waals surface area contributed by atoms with Crippen LogP contribution >= 0.6 is 0 Å². The second-order valence-electron chi connectivity index (χ2n) is 10.1. The highest BCUT2D eigenvalue weighted by Crippen LogP contribution is 2.62. The van der Waals surface area contributed by atoms with Crippen molar-refractivity contribution in [2.75, 3.05) is 6.61 Å². The highest BCUT2D eigenvalue weighted by Gasteiger charge is 2.52. The number of aryl methyl sites for hydroxylation is 2. The number of rotatable bonds is 5. The number of aliphatic hydroxyl groups excluding tert-OH is 1. The van der Waals surface area contributed by atoms with Crippen LogP contribution in [0.2, 0.25) is 0 Å². The van der Waals surface area contributed by atoms with Crippen molar-refractivity contribution in [2.45, 2.75) is 71.3 Å². The minimum absolute atomic E-state index is 0.195. The lowest BCUT2D eigenvalue weighted by atomic mass is 9.55. The normalized spacial score (nSPS) is 30.5. The van der Waals surface area contributed by atoms with Gasteiger partial charge in [0.25, 0.3) is 0 Å². The molecule has 2 fully saturated rings. The fourth-order valence-corrected chi connectivity index (χ4v) is 7.09. The Morgan fingerprint density at radius 1 is 1.10 bits per heavy atom. The second-order valence-corrected chi connectivity index (χ2v) is 10.1. The molecule has 1 N–H and O–H groups in total. The summed E-state index contributed by atoms with van der Waals surface area (Å²) in [4.78, 5) is 0. The topological polar surface area (TPSA) is 29.5 Å². The van der Waals surface area contributed by atoms with Crippen molar-refractivity contribution in [3.63, 3.8) is 0 Å². The van der Waals surface area contributed by atoms with Crippen LogP contribution in [0.1, 0.15) is 74.1 Å². The van der Waals surface area contributed by atoms with E-state index in [-0.39, 0.29) is 6.61 Å². The molecule has 2 saturated carbocycles. The second kappa shape index (κ2) is 8.47. The van der Waals surface area contributed by atoms with Crippen molar-refractivity contribution in [3.05, 3.63) is 76.4 Å². The molecule has 164 valence electrons. The van der Waals surface area contributed by atoms with E-state index in [0.717, 1.165) is 24.0 Å². The Bertz CT molecular complexity index is 960. The van der Waals surface area contributed by atoms with Crippen molar-refractivity contribution in [1.82, 2.24) is 0 Å². The number of hydrogen-bond donors (Lipinski definition) is 1. The molecule has 2 nitrogen and oxygen atoms in total. The Balaban J connectivity index is 1.41. The summed E-state index contributed by atoms with van der Waals surface area (Å²) in [6.45, 7) is 5.56. The van der Waals surface area contributed by atoms with E-state index in [1.165, 1.54) is 60.8 Å². The van der Waals surface area contributed by atoms with Gasteiger partial charge < -0.3 is 9.84 Å². The predicted molar refractivity (Wildman–Crippen MR) is 126 cm³/mol. The first-order chi connectivity index (χ1) is 15.1. The van der Waals surface area contributed by atoms with Crippen LogP contribution in [0.3, 0.4) is 0 Å². The summed E-state index contributed by atoms with van der Waals surface area (Å²) < 4.78 is 6.31. The molecule has 0 heterocycles. The summed E-state index contributed by atoms with van der Waals surface area (Å²) >= 11 is 0. The first-order valence-electron chi connectivity index (χ1n) is 12.3. The van der Waals surface area contributed by atoms with Crippen molar-refractivity contribution in [2.24, 2.45) is 17.3 Å². The standard InChI is InChI=1S/C29H36O2/c1-3-21-17-26-22(18-28(21)31-19-20-7-5-4-6-8-20)9-11-25-24(26)13-15-29(2)23(14-16-30)10-12-27(25)29/h4-8,14,17-18,24-25,27,30H,3,9-13,15-16,19H2,1-2H3/b23-14+. The van der Waals surface area contributed by atoms with E-state index in [9.17, 15) is 5.11 Å². The van der Waals surface area contributed by atoms with Crippen molar-refractivity contribution in [3.8, 4) is 5.75 Å². The summed E-state index contributed by atoms with van der Waals surface area (Å²) in [6, 6.07) is 15.3. The molecule has 31 heavy (non-hydrogen) atoms. The molecule has 2 aromatic carbocycles. The van der Waals surface area contributed by atoms with Crippen molar-refractivity contribution >= 4 is 0 Å². The van der Waals surface area contributed by atoms with Crippen LogP contribution in [-0.2, 0) is 19.4 Å². The van der Waals surface area contributed by atoms with Gasteiger partial charge in [0.2, 0.25) is 0 Å². The molecule has 0 amide bonds. The summed E-state index contributed by atoms with van der Waals surface area (Å²) in [5.74, 6) is 3.34. The summed E-state index contributed by atoms with van der Waals surface area (Å²) in [5, 5.41) is 9.51. The van der Waals surface area contributed by atoms with Gasteiger partial charge in [-0.1, -0.05) is 61.9 Å². The van der Waals surface area contributed by atoms with Gasteiger partial charge in [0, 0.05) is 0 Å². The van der Waals surface area contributed by atoms with Gasteiger partial charge >= 0.3 is 0 Å². The zero-order chi connectivity index (χ0) is 21.4. The average molecular weight is 417 g/mol. The molecule has 2 aromatic rings. The van der Waals surface area contributed by atoms with Gasteiger partial charge in [-0.2, -0.15) is 0 Å². The van der Waals surface area contributed by atoms with Gasteiger partial charge in [0.05, 0.1) is 6.61 Å². The van der Waals surface area contributed by atoms with E-state index in [1.54, 1.807) is 5.56 Å². The molecule has 4 unspecified atom stereocenters. The molecule has 0 spiro atoms. The largest absolute Gasteiger partial charge is 0.489 e. The average Bonchev–Trinajstić information content (AvgIpc) is 3.14. The summed E-state index contributed by atoms with van der Waals surface area (Å²) in [7, 11) is 0. The maximum Gasteiger partial charge on any atom is 0.123 e. The molecule has 0 aromatic heterocycles. The van der Waals surface area contributed by atoms with Crippen molar-refractivity contribution in [1.29, 1.82) is 0 Å². The fraction of sp³-hybridized carbons (Fsp3) is 0.517. The molecular weight excluding hydrogens is 380 g/mol. The third kappa shape index (κ3) is 3.63. The molecule has 0 saturated heterocycles. The number of hydrogen-bond acceptors (Lipinski definition) is 2. The van der Waals surface area contributed by atoms with Gasteiger partial charge in [-0.3, -0.25) is 0 Å². The van der Waals surface area contributed by atoms with Crippen LogP contribution in [0.4, 0.5) is 0 Å². The zero-order valence-electron chi connectivity index (χ0n) is 19.1. The maximum atomic E-state index is 9.51. The zero-order valence-corrected chi connectivity index (χ0v) is 19.1. The molecule has 0 aliphatic heterocycles. The van der Waals surface area contributed by atoms with Crippen molar-refractivity contribution < 1.29 is 9.84 Å². The molecule has 3 aliphatic rings. The van der Waals surface area contributed by atoms with Crippen LogP contribution in [0.15, 0.2) is 54.1 Å². The first kappa shape index (κ1) is 20.8. The fourth-order valence-electron chi connectivity index (χ4n) is 7.09. The van der Waals surface area contributed by atoms with Gasteiger partial charge in [-0.15, -0.1) is 0 Å². The monoisotopic (exact) mass is 416 g/mol. The maximum absolute atomic E-state index is 9.51. The number of ether oxygens (including phenoxy) is 1. The van der Waals surface area contributed by atoms with E-state index in [4.69, 9.17) is 4.74 Å². The van der Waals surface area contributed by atoms with E-state index in [1.807, 2.05) is 0 Å². The molecule has 4 atom stereocenters. The van der Waals surface area contributed by atoms with E-state index in [0.29, 0.717) is 17.9 Å². The van der Waals surface area contributed by atoms with Gasteiger partial charge in [-0.25, -0.2) is 0 Å². The molecule has 0 bridgehead atoms. The third-order valence-electron chi connectivity index (χ3n) is 8.71. The molecule has 3 aliphatic carbocycles. The summed E-state index contributed by atoms with van der Waals surface area (Å²) in [5.41, 5.74) is 7.56. The predicted octanol–water partition coefficient (Wildman–Crippen LogP) is 6.60. The lowest BCUT2D eigenvalue weighted by Gasteiger charge is -2.49. The molecule has 5 rings (SSSR count). The SMILES string of the molecule is CCc1cc2c(cc1OCc1ccccc1)CCC1C2CCC2(C)/C(=C/CO)CCC12. The Kier molecular flexibility index (Phi) is 5.69. The van der Waals surface area contributed by atoms with E-state index in [2.05, 4.69) is 62.4 Å². The first-order valence-corrected chi connectivity index (χ1v) is 12.3. The van der Waals surface area contributed by atoms with Crippen LogP contribution in [-0.4, -0.2) is 11.7 Å². The van der Waals surface area contributed by atoms with Crippen LogP contribution in [0.5, 0.6) is 5.75 Å². The van der Waals surface area contributed by atoms with Gasteiger partial charge in [-0.05, 0) is 96.4 Å². The molecule has 0 radical (unpaired) electrons.